The van der Waals surface area contributed by atoms with Crippen molar-refractivity contribution in [1.29, 1.82) is 0 Å². The van der Waals surface area contributed by atoms with Crippen LogP contribution in [0.15, 0.2) is 29.6 Å². The number of hydrogen-bond donors (Lipinski definition) is 0. The molecular formula is C12H9Cl2FOS. The zero-order chi connectivity index (χ0) is 12.4. The van der Waals surface area contributed by atoms with Crippen molar-refractivity contribution in [3.63, 3.8) is 0 Å². The molecule has 2 rings (SSSR count). The van der Waals surface area contributed by atoms with Crippen LogP contribution in [0, 0.1) is 5.82 Å². The minimum Gasteiger partial charge on any atom is -0.496 e. The third-order valence-electron chi connectivity index (χ3n) is 2.36. The second-order valence-electron chi connectivity index (χ2n) is 3.35. The topological polar surface area (TPSA) is 9.23 Å². The molecule has 0 spiro atoms. The highest BCUT2D eigenvalue weighted by Gasteiger charge is 2.22. The molecule has 0 bridgehead atoms. The summed E-state index contributed by atoms with van der Waals surface area (Å²) in [6.07, 6.45) is 0. The molecule has 0 aliphatic carbocycles. The zero-order valence-electron chi connectivity index (χ0n) is 8.91. The Balaban J connectivity index is 2.50. The highest BCUT2D eigenvalue weighted by Crippen LogP contribution is 2.41. The number of halogens is 3. The fourth-order valence-corrected chi connectivity index (χ4v) is 3.25. The van der Waals surface area contributed by atoms with Crippen LogP contribution in [0.2, 0.25) is 5.02 Å². The Hall–Kier alpha value is -0.770. The van der Waals surface area contributed by atoms with Crippen molar-refractivity contribution in [2.45, 2.75) is 5.38 Å². The molecule has 0 radical (unpaired) electrons. The summed E-state index contributed by atoms with van der Waals surface area (Å²) in [6, 6.07) is 6.35. The number of thiophene rings is 1. The van der Waals surface area contributed by atoms with Crippen LogP contribution in [-0.2, 0) is 0 Å². The first-order valence-corrected chi connectivity index (χ1v) is 6.54. The Morgan fingerprint density at radius 3 is 2.71 bits per heavy atom. The van der Waals surface area contributed by atoms with Crippen molar-refractivity contribution >= 4 is 34.5 Å². The zero-order valence-corrected chi connectivity index (χ0v) is 11.2. The van der Waals surface area contributed by atoms with Gasteiger partial charge >= 0.3 is 0 Å². The van der Waals surface area contributed by atoms with Gasteiger partial charge in [0.25, 0.3) is 0 Å². The monoisotopic (exact) mass is 290 g/mol. The van der Waals surface area contributed by atoms with Crippen LogP contribution in [0.4, 0.5) is 4.39 Å². The number of methoxy groups -OCH3 is 1. The van der Waals surface area contributed by atoms with Gasteiger partial charge in [-0.2, -0.15) is 0 Å². The van der Waals surface area contributed by atoms with E-state index >= 15 is 0 Å². The van der Waals surface area contributed by atoms with Gasteiger partial charge < -0.3 is 4.74 Å². The summed E-state index contributed by atoms with van der Waals surface area (Å²) in [5.74, 6) is 0.0308. The van der Waals surface area contributed by atoms with Crippen LogP contribution in [0.25, 0.3) is 0 Å². The van der Waals surface area contributed by atoms with Crippen molar-refractivity contribution < 1.29 is 9.13 Å². The highest BCUT2D eigenvalue weighted by atomic mass is 35.5. The largest absolute Gasteiger partial charge is 0.496 e. The molecule has 0 aliphatic rings. The maximum Gasteiger partial charge on any atom is 0.131 e. The summed E-state index contributed by atoms with van der Waals surface area (Å²) in [4.78, 5) is 0.719. The first-order valence-electron chi connectivity index (χ1n) is 4.84. The van der Waals surface area contributed by atoms with Gasteiger partial charge in [0.2, 0.25) is 0 Å². The molecule has 0 amide bonds. The molecule has 1 unspecified atom stereocenters. The maximum absolute atomic E-state index is 13.8. The quantitative estimate of drug-likeness (QED) is 0.732. The molecule has 1 atom stereocenters. The van der Waals surface area contributed by atoms with Gasteiger partial charge in [0.15, 0.2) is 0 Å². The van der Waals surface area contributed by atoms with Gasteiger partial charge in [-0.1, -0.05) is 17.7 Å². The smallest absolute Gasteiger partial charge is 0.131 e. The number of benzene rings is 1. The Morgan fingerprint density at radius 1 is 1.35 bits per heavy atom. The van der Waals surface area contributed by atoms with E-state index in [0.29, 0.717) is 16.3 Å². The van der Waals surface area contributed by atoms with Crippen molar-refractivity contribution in [2.75, 3.05) is 7.11 Å². The molecule has 2 aromatic rings. The van der Waals surface area contributed by atoms with E-state index in [1.807, 2.05) is 5.38 Å². The lowest BCUT2D eigenvalue weighted by molar-refractivity contribution is 0.405. The van der Waals surface area contributed by atoms with Gasteiger partial charge in [-0.3, -0.25) is 0 Å². The molecule has 0 N–H and O–H groups in total. The number of rotatable bonds is 3. The number of hydrogen-bond acceptors (Lipinski definition) is 2. The van der Waals surface area contributed by atoms with Crippen molar-refractivity contribution in [2.24, 2.45) is 0 Å². The van der Waals surface area contributed by atoms with Crippen molar-refractivity contribution in [1.82, 2.24) is 0 Å². The minimum absolute atomic E-state index is 0.320. The van der Waals surface area contributed by atoms with Gasteiger partial charge in [-0.25, -0.2) is 4.39 Å². The standard InChI is InChI=1S/C12H9Cl2FOS/c1-16-9-4-2-3-8(15)10(9)11(14)12-7(13)5-6-17-12/h2-6,11H,1H3. The summed E-state index contributed by atoms with van der Waals surface area (Å²) < 4.78 is 18.9. The van der Waals surface area contributed by atoms with E-state index in [1.165, 1.54) is 24.5 Å². The van der Waals surface area contributed by atoms with Gasteiger partial charge in [0.1, 0.15) is 16.9 Å². The summed E-state index contributed by atoms with van der Waals surface area (Å²) in [5, 5.41) is 1.72. The van der Waals surface area contributed by atoms with Crippen molar-refractivity contribution in [3.05, 3.63) is 50.9 Å². The normalized spacial score (nSPS) is 12.5. The molecule has 1 heterocycles. The molecule has 5 heteroatoms. The van der Waals surface area contributed by atoms with Crippen LogP contribution in [-0.4, -0.2) is 7.11 Å². The fraction of sp³-hybridized carbons (Fsp3) is 0.167. The maximum atomic E-state index is 13.8. The first-order chi connectivity index (χ1) is 8.15. The second kappa shape index (κ2) is 5.25. The average Bonchev–Trinajstić information content (AvgIpc) is 2.74. The molecule has 1 aromatic heterocycles. The van der Waals surface area contributed by atoms with E-state index in [0.717, 1.165) is 4.88 Å². The third-order valence-corrected chi connectivity index (χ3v) is 4.35. The van der Waals surface area contributed by atoms with Crippen LogP contribution >= 0.6 is 34.5 Å². The molecular weight excluding hydrogens is 282 g/mol. The van der Waals surface area contributed by atoms with E-state index in [1.54, 1.807) is 18.2 Å². The highest BCUT2D eigenvalue weighted by molar-refractivity contribution is 7.11. The molecule has 0 saturated heterocycles. The molecule has 0 fully saturated rings. The summed E-state index contributed by atoms with van der Waals surface area (Å²) >= 11 is 13.7. The second-order valence-corrected chi connectivity index (χ2v) is 5.14. The molecule has 1 aromatic carbocycles. The van der Waals surface area contributed by atoms with Gasteiger partial charge in [0, 0.05) is 4.88 Å². The summed E-state index contributed by atoms with van der Waals surface area (Å²) in [6.45, 7) is 0. The minimum atomic E-state index is -0.640. The molecule has 0 saturated carbocycles. The number of ether oxygens (including phenoxy) is 1. The third kappa shape index (κ3) is 2.41. The predicted molar refractivity (Wildman–Crippen MR) is 70.0 cm³/mol. The Morgan fingerprint density at radius 2 is 2.12 bits per heavy atom. The van der Waals surface area contributed by atoms with Gasteiger partial charge in [0.05, 0.1) is 17.7 Å². The van der Waals surface area contributed by atoms with E-state index < -0.39 is 11.2 Å². The molecule has 1 nitrogen and oxygen atoms in total. The van der Waals surface area contributed by atoms with E-state index in [4.69, 9.17) is 27.9 Å². The summed E-state index contributed by atoms with van der Waals surface area (Å²) in [7, 11) is 1.48. The van der Waals surface area contributed by atoms with Crippen LogP contribution in [0.1, 0.15) is 15.8 Å². The Bertz CT molecular complexity index is 527. The van der Waals surface area contributed by atoms with E-state index in [-0.39, 0.29) is 0 Å². The van der Waals surface area contributed by atoms with Crippen LogP contribution < -0.4 is 4.74 Å². The Labute approximate surface area is 113 Å². The first kappa shape index (κ1) is 12.7. The molecule has 90 valence electrons. The predicted octanol–water partition coefficient (Wildman–Crippen LogP) is 4.88. The Kier molecular flexibility index (Phi) is 3.92. The van der Waals surface area contributed by atoms with E-state index in [9.17, 15) is 4.39 Å². The lowest BCUT2D eigenvalue weighted by Gasteiger charge is -2.14. The lowest BCUT2D eigenvalue weighted by atomic mass is 10.1. The number of alkyl halides is 1. The lowest BCUT2D eigenvalue weighted by Crippen LogP contribution is -1.99. The average molecular weight is 291 g/mol. The molecule has 0 aliphatic heterocycles. The van der Waals surface area contributed by atoms with E-state index in [2.05, 4.69) is 0 Å². The van der Waals surface area contributed by atoms with Gasteiger partial charge in [-0.05, 0) is 23.6 Å². The summed E-state index contributed by atoms with van der Waals surface area (Å²) in [5.41, 5.74) is 0.320. The van der Waals surface area contributed by atoms with Crippen molar-refractivity contribution in [3.8, 4) is 5.75 Å². The van der Waals surface area contributed by atoms with Crippen LogP contribution in [0.3, 0.4) is 0 Å². The molecule has 17 heavy (non-hydrogen) atoms. The van der Waals surface area contributed by atoms with Gasteiger partial charge in [-0.15, -0.1) is 22.9 Å². The SMILES string of the molecule is COc1cccc(F)c1C(Cl)c1sccc1Cl. The van der Waals surface area contributed by atoms with Crippen LogP contribution in [0.5, 0.6) is 5.75 Å². The fourth-order valence-electron chi connectivity index (χ4n) is 1.56.